The van der Waals surface area contributed by atoms with E-state index >= 15 is 0 Å². The highest BCUT2D eigenvalue weighted by molar-refractivity contribution is 5.75. The van der Waals surface area contributed by atoms with E-state index in [1.807, 2.05) is 0 Å². The van der Waals surface area contributed by atoms with E-state index in [1.165, 1.54) is 11.1 Å². The Bertz CT molecular complexity index is 558. The molecule has 1 saturated carbocycles. The van der Waals surface area contributed by atoms with Crippen LogP contribution in [0.3, 0.4) is 0 Å². The van der Waals surface area contributed by atoms with E-state index in [0.717, 1.165) is 12.8 Å². The van der Waals surface area contributed by atoms with Gasteiger partial charge in [0.2, 0.25) is 0 Å². The van der Waals surface area contributed by atoms with Crippen molar-refractivity contribution in [3.05, 3.63) is 35.4 Å². The number of rotatable bonds is 5. The van der Waals surface area contributed by atoms with Crippen LogP contribution in [0.15, 0.2) is 24.3 Å². The van der Waals surface area contributed by atoms with E-state index in [9.17, 15) is 9.59 Å². The van der Waals surface area contributed by atoms with Crippen LogP contribution in [-0.4, -0.2) is 29.7 Å². The Balaban J connectivity index is 1.48. The smallest absolute Gasteiger partial charge is 0.315 e. The number of hydrogen-bond donors (Lipinski definition) is 3. The molecule has 5 nitrogen and oxygen atoms in total. The fourth-order valence-electron chi connectivity index (χ4n) is 3.41. The molecule has 0 bridgehead atoms. The number of carbonyl (C=O) groups is 2. The lowest BCUT2D eigenvalue weighted by Gasteiger charge is -2.13. The number of aliphatic carboxylic acids is 1. The summed E-state index contributed by atoms with van der Waals surface area (Å²) in [5.74, 6) is 0.186. The standard InChI is InChI=1S/C16H20N2O3/c19-13(20)6-3-9-17-16(21)18-15-12-8-7-10-4-1-2-5-11(10)14(12)15/h1-2,4-5,12,14-15H,3,6-9H2,(H,19,20)(H2,17,18,21). The molecule has 1 aromatic rings. The van der Waals surface area contributed by atoms with E-state index in [0.29, 0.717) is 24.8 Å². The Morgan fingerprint density at radius 3 is 2.90 bits per heavy atom. The highest BCUT2D eigenvalue weighted by Crippen LogP contribution is 2.54. The molecule has 3 unspecified atom stereocenters. The average Bonchev–Trinajstić information content (AvgIpc) is 3.17. The van der Waals surface area contributed by atoms with Crippen LogP contribution < -0.4 is 10.6 Å². The van der Waals surface area contributed by atoms with Gasteiger partial charge in [-0.3, -0.25) is 4.79 Å². The molecule has 0 aliphatic heterocycles. The molecule has 3 N–H and O–H groups in total. The third-order valence-electron chi connectivity index (χ3n) is 4.48. The third-order valence-corrected chi connectivity index (χ3v) is 4.48. The largest absolute Gasteiger partial charge is 0.481 e. The lowest BCUT2D eigenvalue weighted by atomic mass is 9.92. The molecule has 2 aliphatic rings. The predicted octanol–water partition coefficient (Wildman–Crippen LogP) is 1.88. The average molecular weight is 288 g/mol. The Labute approximate surface area is 123 Å². The van der Waals surface area contributed by atoms with Gasteiger partial charge in [0.1, 0.15) is 0 Å². The lowest BCUT2D eigenvalue weighted by molar-refractivity contribution is -0.137. The van der Waals surface area contributed by atoms with Gasteiger partial charge in [-0.25, -0.2) is 4.79 Å². The number of aryl methyl sites for hydroxylation is 1. The molecule has 0 aromatic heterocycles. The van der Waals surface area contributed by atoms with Gasteiger partial charge < -0.3 is 15.7 Å². The van der Waals surface area contributed by atoms with Gasteiger partial charge in [-0.05, 0) is 36.3 Å². The minimum absolute atomic E-state index is 0.0856. The van der Waals surface area contributed by atoms with Gasteiger partial charge in [-0.1, -0.05) is 24.3 Å². The van der Waals surface area contributed by atoms with Gasteiger partial charge in [0.25, 0.3) is 0 Å². The van der Waals surface area contributed by atoms with Crippen molar-refractivity contribution in [2.24, 2.45) is 5.92 Å². The fourth-order valence-corrected chi connectivity index (χ4v) is 3.41. The first kappa shape index (κ1) is 13.9. The molecule has 2 aliphatic carbocycles. The second kappa shape index (κ2) is 5.76. The molecule has 112 valence electrons. The van der Waals surface area contributed by atoms with E-state index in [-0.39, 0.29) is 18.5 Å². The number of carbonyl (C=O) groups excluding carboxylic acids is 1. The quantitative estimate of drug-likeness (QED) is 0.724. The molecular formula is C16H20N2O3. The van der Waals surface area contributed by atoms with Gasteiger partial charge in [-0.15, -0.1) is 0 Å². The number of fused-ring (bicyclic) bond motifs is 3. The van der Waals surface area contributed by atoms with Gasteiger partial charge in [0.05, 0.1) is 0 Å². The van der Waals surface area contributed by atoms with Gasteiger partial charge in [0, 0.05) is 24.9 Å². The van der Waals surface area contributed by atoms with Crippen LogP contribution in [0.1, 0.15) is 36.3 Å². The summed E-state index contributed by atoms with van der Waals surface area (Å²) in [5, 5.41) is 14.3. The SMILES string of the molecule is O=C(O)CCCNC(=O)NC1C2CCc3ccccc3C21. The van der Waals surface area contributed by atoms with E-state index < -0.39 is 5.97 Å². The lowest BCUT2D eigenvalue weighted by Crippen LogP contribution is -2.38. The highest BCUT2D eigenvalue weighted by atomic mass is 16.4. The van der Waals surface area contributed by atoms with Crippen LogP contribution in [0.2, 0.25) is 0 Å². The maximum atomic E-state index is 11.8. The van der Waals surface area contributed by atoms with Crippen LogP contribution in [0.4, 0.5) is 4.79 Å². The molecule has 2 amide bonds. The third kappa shape index (κ3) is 3.01. The van der Waals surface area contributed by atoms with Crippen LogP contribution in [0, 0.1) is 5.92 Å². The second-order valence-electron chi connectivity index (χ2n) is 5.85. The monoisotopic (exact) mass is 288 g/mol. The normalized spacial score (nSPS) is 25.4. The first-order valence-electron chi connectivity index (χ1n) is 7.51. The molecule has 0 spiro atoms. The molecule has 0 heterocycles. The van der Waals surface area contributed by atoms with Crippen LogP contribution >= 0.6 is 0 Å². The molecule has 1 fully saturated rings. The highest BCUT2D eigenvalue weighted by Gasteiger charge is 2.53. The van der Waals surface area contributed by atoms with Gasteiger partial charge >= 0.3 is 12.0 Å². The number of hydrogen-bond acceptors (Lipinski definition) is 2. The molecule has 0 radical (unpaired) electrons. The van der Waals surface area contributed by atoms with Crippen molar-refractivity contribution in [1.29, 1.82) is 0 Å². The van der Waals surface area contributed by atoms with Crippen LogP contribution in [0.25, 0.3) is 0 Å². The number of amides is 2. The first-order valence-corrected chi connectivity index (χ1v) is 7.51. The Morgan fingerprint density at radius 2 is 2.10 bits per heavy atom. The Kier molecular flexibility index (Phi) is 3.82. The summed E-state index contributed by atoms with van der Waals surface area (Å²) in [4.78, 5) is 22.2. The molecule has 1 aromatic carbocycles. The summed E-state index contributed by atoms with van der Waals surface area (Å²) in [5.41, 5.74) is 2.79. The molecule has 0 saturated heterocycles. The summed E-state index contributed by atoms with van der Waals surface area (Å²) in [7, 11) is 0. The minimum Gasteiger partial charge on any atom is -0.481 e. The summed E-state index contributed by atoms with van der Waals surface area (Å²) >= 11 is 0. The summed E-state index contributed by atoms with van der Waals surface area (Å²) in [6, 6.07) is 8.51. The molecule has 3 rings (SSSR count). The van der Waals surface area contributed by atoms with Crippen molar-refractivity contribution in [3.63, 3.8) is 0 Å². The molecular weight excluding hydrogens is 268 g/mol. The van der Waals surface area contributed by atoms with Crippen molar-refractivity contribution in [2.75, 3.05) is 6.54 Å². The van der Waals surface area contributed by atoms with Crippen molar-refractivity contribution < 1.29 is 14.7 Å². The van der Waals surface area contributed by atoms with Gasteiger partial charge in [-0.2, -0.15) is 0 Å². The van der Waals surface area contributed by atoms with E-state index in [2.05, 4.69) is 34.9 Å². The second-order valence-corrected chi connectivity index (χ2v) is 5.85. The molecule has 21 heavy (non-hydrogen) atoms. The number of carboxylic acid groups (broad SMARTS) is 1. The maximum absolute atomic E-state index is 11.8. The summed E-state index contributed by atoms with van der Waals surface area (Å²) < 4.78 is 0. The Morgan fingerprint density at radius 1 is 1.29 bits per heavy atom. The first-order chi connectivity index (χ1) is 10.2. The zero-order valence-electron chi connectivity index (χ0n) is 11.8. The van der Waals surface area contributed by atoms with Crippen molar-refractivity contribution in [3.8, 4) is 0 Å². The number of carboxylic acids is 1. The van der Waals surface area contributed by atoms with Gasteiger partial charge in [0.15, 0.2) is 0 Å². The molecule has 5 heteroatoms. The fraction of sp³-hybridized carbons (Fsp3) is 0.500. The maximum Gasteiger partial charge on any atom is 0.315 e. The number of benzene rings is 1. The number of nitrogens with one attached hydrogen (secondary N) is 2. The van der Waals surface area contributed by atoms with Crippen molar-refractivity contribution in [2.45, 2.75) is 37.6 Å². The summed E-state index contributed by atoms with van der Waals surface area (Å²) in [6.45, 7) is 0.400. The number of urea groups is 1. The summed E-state index contributed by atoms with van der Waals surface area (Å²) in [6.07, 6.45) is 2.77. The van der Waals surface area contributed by atoms with Crippen LogP contribution in [-0.2, 0) is 11.2 Å². The van der Waals surface area contributed by atoms with Crippen LogP contribution in [0.5, 0.6) is 0 Å². The van der Waals surface area contributed by atoms with Crippen molar-refractivity contribution >= 4 is 12.0 Å². The molecule has 3 atom stereocenters. The van der Waals surface area contributed by atoms with Crippen molar-refractivity contribution in [1.82, 2.24) is 10.6 Å². The minimum atomic E-state index is -0.831. The predicted molar refractivity (Wildman–Crippen MR) is 78.2 cm³/mol. The zero-order valence-corrected chi connectivity index (χ0v) is 11.8. The Hall–Kier alpha value is -2.04. The van der Waals surface area contributed by atoms with E-state index in [4.69, 9.17) is 5.11 Å². The topological polar surface area (TPSA) is 78.4 Å². The van der Waals surface area contributed by atoms with E-state index in [1.54, 1.807) is 0 Å². The zero-order chi connectivity index (χ0) is 14.8.